The molecular weight excluding hydrogens is 524 g/mol. The third-order valence-electron chi connectivity index (χ3n) is 5.98. The Morgan fingerprint density at radius 3 is 2.31 bits per heavy atom. The standard InChI is InChI=1S/C27H21BrN4O4/c1-32-24-11-9-18(36-3)13-21(24)25(27(32)34)30-31-26(33)20-14-23(15-4-6-16(28)7-5-15)29-22-10-8-17(35-2)12-19(20)22/h4-14,34H,1-3H3. The molecule has 2 heterocycles. The van der Waals surface area contributed by atoms with E-state index in [1.807, 2.05) is 30.3 Å². The highest BCUT2D eigenvalue weighted by atomic mass is 79.9. The first-order valence-corrected chi connectivity index (χ1v) is 11.7. The average molecular weight is 545 g/mol. The van der Waals surface area contributed by atoms with E-state index in [0.29, 0.717) is 39.0 Å². The minimum absolute atomic E-state index is 0.105. The zero-order valence-corrected chi connectivity index (χ0v) is 21.3. The van der Waals surface area contributed by atoms with Crippen LogP contribution in [0.2, 0.25) is 0 Å². The molecule has 36 heavy (non-hydrogen) atoms. The van der Waals surface area contributed by atoms with Gasteiger partial charge in [-0.2, -0.15) is 0 Å². The van der Waals surface area contributed by atoms with Gasteiger partial charge in [0, 0.05) is 27.9 Å². The van der Waals surface area contributed by atoms with Crippen molar-refractivity contribution in [3.63, 3.8) is 0 Å². The maximum atomic E-state index is 13.4. The summed E-state index contributed by atoms with van der Waals surface area (Å²) in [4.78, 5) is 18.1. The van der Waals surface area contributed by atoms with Gasteiger partial charge in [0.25, 0.3) is 5.91 Å². The number of hydrogen-bond acceptors (Lipinski definition) is 6. The van der Waals surface area contributed by atoms with Crippen molar-refractivity contribution in [1.82, 2.24) is 9.55 Å². The maximum Gasteiger partial charge on any atom is 0.296 e. The summed E-state index contributed by atoms with van der Waals surface area (Å²) in [7, 11) is 4.82. The predicted molar refractivity (Wildman–Crippen MR) is 141 cm³/mol. The van der Waals surface area contributed by atoms with Gasteiger partial charge in [-0.3, -0.25) is 4.79 Å². The van der Waals surface area contributed by atoms with Gasteiger partial charge in [-0.25, -0.2) is 4.98 Å². The number of aryl methyl sites for hydroxylation is 1. The van der Waals surface area contributed by atoms with Gasteiger partial charge in [-0.05, 0) is 54.6 Å². The number of pyridine rings is 1. The molecule has 0 fully saturated rings. The molecule has 0 unspecified atom stereocenters. The molecule has 0 radical (unpaired) electrons. The number of carbonyl (C=O) groups excluding carboxylic acids is 1. The van der Waals surface area contributed by atoms with Crippen LogP contribution in [0.3, 0.4) is 0 Å². The van der Waals surface area contributed by atoms with Gasteiger partial charge < -0.3 is 19.1 Å². The van der Waals surface area contributed by atoms with Crippen molar-refractivity contribution < 1.29 is 19.4 Å². The van der Waals surface area contributed by atoms with Crippen molar-refractivity contribution in [2.24, 2.45) is 17.3 Å². The molecule has 5 rings (SSSR count). The van der Waals surface area contributed by atoms with Crippen LogP contribution < -0.4 is 9.47 Å². The number of amides is 1. The highest BCUT2D eigenvalue weighted by Gasteiger charge is 2.18. The van der Waals surface area contributed by atoms with Gasteiger partial charge in [0.15, 0.2) is 5.69 Å². The lowest BCUT2D eigenvalue weighted by Gasteiger charge is -2.09. The molecule has 0 saturated carbocycles. The first-order valence-electron chi connectivity index (χ1n) is 11.0. The molecule has 0 aliphatic carbocycles. The highest BCUT2D eigenvalue weighted by molar-refractivity contribution is 9.10. The minimum atomic E-state index is -0.576. The van der Waals surface area contributed by atoms with Gasteiger partial charge in [-0.1, -0.05) is 28.1 Å². The Balaban J connectivity index is 1.63. The molecule has 0 atom stereocenters. The quantitative estimate of drug-likeness (QED) is 0.245. The molecule has 1 N–H and O–H groups in total. The number of fused-ring (bicyclic) bond motifs is 2. The SMILES string of the molecule is COc1ccc2nc(-c3ccc(Br)cc3)cc(C(=O)N=Nc3c(O)n(C)c4ccc(OC)cc34)c2c1. The van der Waals surface area contributed by atoms with Crippen molar-refractivity contribution in [2.75, 3.05) is 14.2 Å². The van der Waals surface area contributed by atoms with Gasteiger partial charge in [0.05, 0.1) is 36.5 Å². The fourth-order valence-electron chi connectivity index (χ4n) is 4.04. The summed E-state index contributed by atoms with van der Waals surface area (Å²) in [5.74, 6) is 0.507. The Hall–Kier alpha value is -4.24. The van der Waals surface area contributed by atoms with Crippen molar-refractivity contribution in [1.29, 1.82) is 0 Å². The molecule has 180 valence electrons. The van der Waals surface area contributed by atoms with Crippen LogP contribution >= 0.6 is 15.9 Å². The minimum Gasteiger partial charge on any atom is -0.497 e. The number of methoxy groups -OCH3 is 2. The lowest BCUT2D eigenvalue weighted by atomic mass is 10.0. The molecule has 0 spiro atoms. The number of carbonyl (C=O) groups is 1. The Bertz CT molecular complexity index is 1660. The molecule has 8 nitrogen and oxygen atoms in total. The van der Waals surface area contributed by atoms with E-state index in [0.717, 1.165) is 15.6 Å². The van der Waals surface area contributed by atoms with Crippen LogP contribution in [0, 0.1) is 0 Å². The van der Waals surface area contributed by atoms with E-state index < -0.39 is 5.91 Å². The summed E-state index contributed by atoms with van der Waals surface area (Å²) in [6, 6.07) is 20.0. The number of aromatic nitrogens is 2. The van der Waals surface area contributed by atoms with Crippen LogP contribution in [0.5, 0.6) is 17.4 Å². The van der Waals surface area contributed by atoms with Gasteiger partial charge in [0.1, 0.15) is 11.5 Å². The number of ether oxygens (including phenoxy) is 2. The number of halogens is 1. The van der Waals surface area contributed by atoms with Crippen LogP contribution in [0.4, 0.5) is 5.69 Å². The Morgan fingerprint density at radius 2 is 1.61 bits per heavy atom. The first-order chi connectivity index (χ1) is 17.4. The zero-order chi connectivity index (χ0) is 25.4. The molecule has 0 saturated heterocycles. The fourth-order valence-corrected chi connectivity index (χ4v) is 4.31. The normalized spacial score (nSPS) is 11.4. The Morgan fingerprint density at radius 1 is 0.944 bits per heavy atom. The van der Waals surface area contributed by atoms with Crippen molar-refractivity contribution in [3.8, 4) is 28.6 Å². The van der Waals surface area contributed by atoms with E-state index >= 15 is 0 Å². The lowest BCUT2D eigenvalue weighted by Crippen LogP contribution is -1.99. The molecule has 0 bridgehead atoms. The summed E-state index contributed by atoms with van der Waals surface area (Å²) >= 11 is 3.44. The number of hydrogen-bond donors (Lipinski definition) is 1. The van der Waals surface area contributed by atoms with Crippen LogP contribution in [-0.2, 0) is 7.05 Å². The monoisotopic (exact) mass is 544 g/mol. The molecule has 2 aromatic heterocycles. The second-order valence-electron chi connectivity index (χ2n) is 8.06. The molecule has 3 aromatic carbocycles. The highest BCUT2D eigenvalue weighted by Crippen LogP contribution is 2.40. The number of nitrogens with zero attached hydrogens (tertiary/aromatic N) is 4. The number of aromatic hydroxyl groups is 1. The van der Waals surface area contributed by atoms with Gasteiger partial charge >= 0.3 is 0 Å². The van der Waals surface area contributed by atoms with E-state index in [-0.39, 0.29) is 11.6 Å². The summed E-state index contributed by atoms with van der Waals surface area (Å²) < 4.78 is 13.2. The van der Waals surface area contributed by atoms with E-state index in [4.69, 9.17) is 14.5 Å². The van der Waals surface area contributed by atoms with Crippen molar-refractivity contribution in [2.45, 2.75) is 0 Å². The Labute approximate surface area is 215 Å². The van der Waals surface area contributed by atoms with Crippen LogP contribution in [0.15, 0.2) is 81.4 Å². The lowest BCUT2D eigenvalue weighted by molar-refractivity contribution is 0.0996. The topological polar surface area (TPSA) is 98.3 Å². The maximum absolute atomic E-state index is 13.4. The second-order valence-corrected chi connectivity index (χ2v) is 8.98. The van der Waals surface area contributed by atoms with Gasteiger partial charge in [-0.15, -0.1) is 10.2 Å². The summed E-state index contributed by atoms with van der Waals surface area (Å²) in [5, 5.41) is 20.0. The number of azo groups is 1. The third kappa shape index (κ3) is 4.18. The van der Waals surface area contributed by atoms with Crippen LogP contribution in [-0.4, -0.2) is 34.8 Å². The summed E-state index contributed by atoms with van der Waals surface area (Å²) in [5.41, 5.74) is 3.32. The van der Waals surface area contributed by atoms with Crippen molar-refractivity contribution >= 4 is 49.3 Å². The fraction of sp³-hybridized carbons (Fsp3) is 0.111. The molecule has 9 heteroatoms. The van der Waals surface area contributed by atoms with Crippen molar-refractivity contribution in [3.05, 3.63) is 76.8 Å². The largest absolute Gasteiger partial charge is 0.497 e. The summed E-state index contributed by atoms with van der Waals surface area (Å²) in [6.07, 6.45) is 0. The molecule has 0 aliphatic rings. The second kappa shape index (κ2) is 9.43. The smallest absolute Gasteiger partial charge is 0.296 e. The molecule has 1 amide bonds. The van der Waals surface area contributed by atoms with Crippen LogP contribution in [0.25, 0.3) is 33.1 Å². The summed E-state index contributed by atoms with van der Waals surface area (Å²) in [6.45, 7) is 0. The third-order valence-corrected chi connectivity index (χ3v) is 6.51. The predicted octanol–water partition coefficient (Wildman–Crippen LogP) is 6.80. The van der Waals surface area contributed by atoms with E-state index in [1.165, 1.54) is 0 Å². The molecular formula is C27H21BrN4O4. The van der Waals surface area contributed by atoms with E-state index in [1.54, 1.807) is 62.2 Å². The molecule has 5 aromatic rings. The zero-order valence-electron chi connectivity index (χ0n) is 19.7. The number of rotatable bonds is 5. The molecule has 0 aliphatic heterocycles. The van der Waals surface area contributed by atoms with Crippen LogP contribution in [0.1, 0.15) is 10.4 Å². The number of benzene rings is 3. The van der Waals surface area contributed by atoms with E-state index in [9.17, 15) is 9.90 Å². The van der Waals surface area contributed by atoms with Gasteiger partial charge in [0.2, 0.25) is 5.88 Å². The Kier molecular flexibility index (Phi) is 6.15. The first kappa shape index (κ1) is 23.5. The average Bonchev–Trinajstić information content (AvgIpc) is 3.15. The van der Waals surface area contributed by atoms with E-state index in [2.05, 4.69) is 26.2 Å².